The maximum absolute atomic E-state index is 4.50. The zero-order valence-corrected chi connectivity index (χ0v) is 10.8. The third-order valence-corrected chi connectivity index (χ3v) is 3.60. The summed E-state index contributed by atoms with van der Waals surface area (Å²) in [5.74, 6) is 1.72. The number of rotatable bonds is 3. The molecule has 1 saturated carbocycles. The Labute approximate surface area is 103 Å². The first-order valence-electron chi connectivity index (χ1n) is 6.55. The van der Waals surface area contributed by atoms with Gasteiger partial charge in [0.1, 0.15) is 5.82 Å². The molecule has 0 unspecified atom stereocenters. The van der Waals surface area contributed by atoms with Crippen LogP contribution in [0.1, 0.15) is 38.5 Å². The normalized spacial score (nSPS) is 17.5. The number of nitrogens with zero attached hydrogens (tertiary/aromatic N) is 3. The van der Waals surface area contributed by atoms with Gasteiger partial charge in [-0.2, -0.15) is 4.98 Å². The van der Waals surface area contributed by atoms with Crippen molar-refractivity contribution < 1.29 is 0 Å². The van der Waals surface area contributed by atoms with Crippen LogP contribution in [0.5, 0.6) is 0 Å². The Hall–Kier alpha value is -1.32. The summed E-state index contributed by atoms with van der Waals surface area (Å²) in [5.41, 5.74) is 0. The number of hydrogen-bond acceptors (Lipinski definition) is 4. The van der Waals surface area contributed by atoms with Gasteiger partial charge in [0.2, 0.25) is 5.95 Å². The smallest absolute Gasteiger partial charge is 0.224 e. The fourth-order valence-corrected chi connectivity index (χ4v) is 2.50. The zero-order chi connectivity index (χ0) is 12.1. The van der Waals surface area contributed by atoms with Crippen LogP contribution in [0.4, 0.5) is 11.8 Å². The van der Waals surface area contributed by atoms with Gasteiger partial charge in [0.05, 0.1) is 0 Å². The molecule has 1 fully saturated rings. The molecule has 0 radical (unpaired) electrons. The highest BCUT2D eigenvalue weighted by Crippen LogP contribution is 2.24. The fraction of sp³-hybridized carbons (Fsp3) is 0.692. The molecule has 0 aliphatic heterocycles. The Morgan fingerprint density at radius 3 is 2.59 bits per heavy atom. The van der Waals surface area contributed by atoms with E-state index in [2.05, 4.69) is 27.2 Å². The Balaban J connectivity index is 2.08. The molecule has 4 nitrogen and oxygen atoms in total. The van der Waals surface area contributed by atoms with Crippen molar-refractivity contribution >= 4 is 11.8 Å². The highest BCUT2D eigenvalue weighted by Gasteiger charge is 2.18. The van der Waals surface area contributed by atoms with E-state index in [1.807, 2.05) is 19.3 Å². The van der Waals surface area contributed by atoms with Gasteiger partial charge in [0.15, 0.2) is 0 Å². The summed E-state index contributed by atoms with van der Waals surface area (Å²) in [6, 6.07) is 2.63. The fourth-order valence-electron chi connectivity index (χ4n) is 2.50. The highest BCUT2D eigenvalue weighted by atomic mass is 15.2. The summed E-state index contributed by atoms with van der Waals surface area (Å²) in [6.45, 7) is 0. The maximum Gasteiger partial charge on any atom is 0.224 e. The van der Waals surface area contributed by atoms with Crippen molar-refractivity contribution in [1.82, 2.24) is 9.97 Å². The van der Waals surface area contributed by atoms with E-state index in [1.165, 1.54) is 38.5 Å². The number of hydrogen-bond donors (Lipinski definition) is 1. The van der Waals surface area contributed by atoms with E-state index in [4.69, 9.17) is 0 Å². The molecule has 1 aromatic heterocycles. The third-order valence-electron chi connectivity index (χ3n) is 3.60. The standard InChI is InChI=1S/C13H22N4/c1-14-13-15-10-9-12(16-13)17(2)11-7-5-3-4-6-8-11/h9-11H,3-8H2,1-2H3,(H,14,15,16). The van der Waals surface area contributed by atoms with Crippen LogP contribution in [0.25, 0.3) is 0 Å². The Morgan fingerprint density at radius 2 is 1.94 bits per heavy atom. The van der Waals surface area contributed by atoms with Gasteiger partial charge < -0.3 is 10.2 Å². The van der Waals surface area contributed by atoms with Gasteiger partial charge in [0, 0.05) is 26.3 Å². The van der Waals surface area contributed by atoms with Gasteiger partial charge in [-0.05, 0) is 18.9 Å². The molecule has 94 valence electrons. The summed E-state index contributed by atoms with van der Waals surface area (Å²) in [5, 5.41) is 2.99. The molecular formula is C13H22N4. The predicted molar refractivity (Wildman–Crippen MR) is 71.5 cm³/mol. The van der Waals surface area contributed by atoms with Gasteiger partial charge in [0.25, 0.3) is 0 Å². The van der Waals surface area contributed by atoms with Crippen LogP contribution in [0.3, 0.4) is 0 Å². The SMILES string of the molecule is CNc1nccc(N(C)C2CCCCCC2)n1. The van der Waals surface area contributed by atoms with Gasteiger partial charge in [-0.25, -0.2) is 4.98 Å². The van der Waals surface area contributed by atoms with Crippen LogP contribution in [0, 0.1) is 0 Å². The molecule has 0 atom stereocenters. The van der Waals surface area contributed by atoms with E-state index in [1.54, 1.807) is 0 Å². The van der Waals surface area contributed by atoms with E-state index in [0.717, 1.165) is 5.82 Å². The lowest BCUT2D eigenvalue weighted by molar-refractivity contribution is 0.549. The van der Waals surface area contributed by atoms with Crippen molar-refractivity contribution in [3.63, 3.8) is 0 Å². The first kappa shape index (κ1) is 12.1. The van der Waals surface area contributed by atoms with E-state index in [-0.39, 0.29) is 0 Å². The molecule has 0 saturated heterocycles. The minimum absolute atomic E-state index is 0.636. The summed E-state index contributed by atoms with van der Waals surface area (Å²) in [7, 11) is 4.00. The molecule has 1 heterocycles. The van der Waals surface area contributed by atoms with Crippen molar-refractivity contribution in [2.75, 3.05) is 24.3 Å². The largest absolute Gasteiger partial charge is 0.357 e. The molecule has 1 aliphatic rings. The molecule has 2 rings (SSSR count). The van der Waals surface area contributed by atoms with E-state index in [9.17, 15) is 0 Å². The van der Waals surface area contributed by atoms with Crippen molar-refractivity contribution in [1.29, 1.82) is 0 Å². The lowest BCUT2D eigenvalue weighted by Gasteiger charge is -2.28. The second-order valence-electron chi connectivity index (χ2n) is 4.74. The number of nitrogens with one attached hydrogen (secondary N) is 1. The van der Waals surface area contributed by atoms with Gasteiger partial charge in [-0.15, -0.1) is 0 Å². The Kier molecular flexibility index (Phi) is 4.18. The van der Waals surface area contributed by atoms with Crippen molar-refractivity contribution in [3.8, 4) is 0 Å². The van der Waals surface area contributed by atoms with Gasteiger partial charge in [-0.3, -0.25) is 0 Å². The molecule has 0 amide bonds. The average molecular weight is 234 g/mol. The minimum atomic E-state index is 0.636. The summed E-state index contributed by atoms with van der Waals surface area (Å²) in [6.07, 6.45) is 9.86. The summed E-state index contributed by atoms with van der Waals surface area (Å²) in [4.78, 5) is 11.0. The second-order valence-corrected chi connectivity index (χ2v) is 4.74. The second kappa shape index (κ2) is 5.84. The summed E-state index contributed by atoms with van der Waals surface area (Å²) < 4.78 is 0. The lowest BCUT2D eigenvalue weighted by Crippen LogP contribution is -2.31. The molecule has 4 heteroatoms. The van der Waals surface area contributed by atoms with E-state index < -0.39 is 0 Å². The van der Waals surface area contributed by atoms with Gasteiger partial charge in [-0.1, -0.05) is 25.7 Å². The Bertz CT molecular complexity index is 345. The molecule has 0 spiro atoms. The first-order chi connectivity index (χ1) is 8.31. The monoisotopic (exact) mass is 234 g/mol. The van der Waals surface area contributed by atoms with Crippen LogP contribution < -0.4 is 10.2 Å². The number of aromatic nitrogens is 2. The molecule has 1 aromatic rings. The van der Waals surface area contributed by atoms with E-state index in [0.29, 0.717) is 12.0 Å². The van der Waals surface area contributed by atoms with Crippen LogP contribution in [0.2, 0.25) is 0 Å². The quantitative estimate of drug-likeness (QED) is 0.816. The molecule has 1 aliphatic carbocycles. The number of anilines is 2. The zero-order valence-electron chi connectivity index (χ0n) is 10.8. The molecular weight excluding hydrogens is 212 g/mol. The van der Waals surface area contributed by atoms with Crippen molar-refractivity contribution in [3.05, 3.63) is 12.3 Å². The third kappa shape index (κ3) is 3.08. The van der Waals surface area contributed by atoms with Crippen LogP contribution in [-0.4, -0.2) is 30.1 Å². The molecule has 0 aromatic carbocycles. The van der Waals surface area contributed by atoms with Crippen LogP contribution >= 0.6 is 0 Å². The Morgan fingerprint density at radius 1 is 1.24 bits per heavy atom. The average Bonchev–Trinajstić information content (AvgIpc) is 2.67. The first-order valence-corrected chi connectivity index (χ1v) is 6.55. The molecule has 17 heavy (non-hydrogen) atoms. The highest BCUT2D eigenvalue weighted by molar-refractivity contribution is 5.42. The van der Waals surface area contributed by atoms with Crippen LogP contribution in [0.15, 0.2) is 12.3 Å². The predicted octanol–water partition coefficient (Wildman–Crippen LogP) is 2.68. The topological polar surface area (TPSA) is 41.1 Å². The van der Waals surface area contributed by atoms with Crippen molar-refractivity contribution in [2.45, 2.75) is 44.6 Å². The van der Waals surface area contributed by atoms with E-state index >= 15 is 0 Å². The lowest BCUT2D eigenvalue weighted by atomic mass is 10.1. The maximum atomic E-state index is 4.50. The molecule has 0 bridgehead atoms. The molecule has 1 N–H and O–H groups in total. The van der Waals surface area contributed by atoms with Crippen LogP contribution in [-0.2, 0) is 0 Å². The minimum Gasteiger partial charge on any atom is -0.357 e. The van der Waals surface area contributed by atoms with Gasteiger partial charge >= 0.3 is 0 Å². The van der Waals surface area contributed by atoms with Crippen molar-refractivity contribution in [2.24, 2.45) is 0 Å². The summed E-state index contributed by atoms with van der Waals surface area (Å²) >= 11 is 0.